The molecule has 0 aromatic carbocycles. The molecule has 1 aromatic rings. The van der Waals surface area contributed by atoms with E-state index < -0.39 is 0 Å². The standard InChI is InChI=1S/C12H19BrN2O/c1-2-12(6-3-4-7-12)11(15-14)10-9(13)5-8-16-10/h5,8,11,15H,2-4,6-7,14H2,1H3. The Bertz CT molecular complexity index is 345. The van der Waals surface area contributed by atoms with Gasteiger partial charge in [0.05, 0.1) is 16.8 Å². The minimum atomic E-state index is 0.115. The van der Waals surface area contributed by atoms with Crippen LogP contribution in [0.25, 0.3) is 0 Å². The first kappa shape index (κ1) is 12.1. The van der Waals surface area contributed by atoms with Gasteiger partial charge in [0.2, 0.25) is 0 Å². The van der Waals surface area contributed by atoms with Crippen molar-refractivity contribution < 1.29 is 4.42 Å². The zero-order chi connectivity index (χ0) is 11.6. The molecule has 3 N–H and O–H groups in total. The number of halogens is 1. The molecule has 0 spiro atoms. The molecule has 1 aliphatic carbocycles. The lowest BCUT2D eigenvalue weighted by molar-refractivity contribution is 0.165. The summed E-state index contributed by atoms with van der Waals surface area (Å²) in [5, 5.41) is 0. The minimum absolute atomic E-state index is 0.115. The molecule has 1 unspecified atom stereocenters. The smallest absolute Gasteiger partial charge is 0.136 e. The van der Waals surface area contributed by atoms with Crippen molar-refractivity contribution in [1.82, 2.24) is 5.43 Å². The Kier molecular flexibility index (Phi) is 3.72. The number of hydrazine groups is 1. The second-order valence-electron chi connectivity index (χ2n) is 4.66. The molecule has 1 aliphatic rings. The topological polar surface area (TPSA) is 51.2 Å². The maximum absolute atomic E-state index is 5.74. The normalized spacial score (nSPS) is 21.2. The fraction of sp³-hybridized carbons (Fsp3) is 0.667. The third-order valence-corrected chi connectivity index (χ3v) is 4.64. The molecule has 0 radical (unpaired) electrons. The van der Waals surface area contributed by atoms with Gasteiger partial charge in [-0.15, -0.1) is 0 Å². The van der Waals surface area contributed by atoms with E-state index in [2.05, 4.69) is 28.3 Å². The van der Waals surface area contributed by atoms with Crippen molar-refractivity contribution >= 4 is 15.9 Å². The Labute approximate surface area is 105 Å². The molecule has 1 aromatic heterocycles. The van der Waals surface area contributed by atoms with Crippen LogP contribution in [0.15, 0.2) is 21.2 Å². The van der Waals surface area contributed by atoms with Gasteiger partial charge in [0.15, 0.2) is 0 Å². The number of nitrogens with two attached hydrogens (primary N) is 1. The van der Waals surface area contributed by atoms with Gasteiger partial charge in [0, 0.05) is 0 Å². The highest BCUT2D eigenvalue weighted by Crippen LogP contribution is 2.50. The van der Waals surface area contributed by atoms with Gasteiger partial charge in [-0.25, -0.2) is 5.43 Å². The summed E-state index contributed by atoms with van der Waals surface area (Å²) in [4.78, 5) is 0. The first-order valence-electron chi connectivity index (χ1n) is 5.92. The molecule has 1 atom stereocenters. The average Bonchev–Trinajstić information content (AvgIpc) is 2.91. The molecule has 16 heavy (non-hydrogen) atoms. The molecule has 1 fully saturated rings. The second kappa shape index (κ2) is 4.90. The Hall–Kier alpha value is -0.320. The van der Waals surface area contributed by atoms with E-state index >= 15 is 0 Å². The predicted octanol–water partition coefficient (Wildman–Crippen LogP) is 3.52. The SMILES string of the molecule is CCC1(C(NN)c2occc2Br)CCCC1. The molecular formula is C12H19BrN2O. The van der Waals surface area contributed by atoms with Crippen molar-refractivity contribution in [2.75, 3.05) is 0 Å². The van der Waals surface area contributed by atoms with Crippen molar-refractivity contribution in [2.24, 2.45) is 11.3 Å². The van der Waals surface area contributed by atoms with Crippen LogP contribution in [0, 0.1) is 5.41 Å². The summed E-state index contributed by atoms with van der Waals surface area (Å²) >= 11 is 3.52. The Morgan fingerprint density at radius 2 is 2.25 bits per heavy atom. The summed E-state index contributed by atoms with van der Waals surface area (Å²) in [7, 11) is 0. The Balaban J connectivity index is 2.31. The number of hydrogen-bond acceptors (Lipinski definition) is 3. The van der Waals surface area contributed by atoms with Gasteiger partial charge in [0.25, 0.3) is 0 Å². The second-order valence-corrected chi connectivity index (χ2v) is 5.51. The van der Waals surface area contributed by atoms with E-state index in [9.17, 15) is 0 Å². The molecule has 4 heteroatoms. The Morgan fingerprint density at radius 3 is 2.69 bits per heavy atom. The summed E-state index contributed by atoms with van der Waals surface area (Å²) in [6.45, 7) is 2.24. The quantitative estimate of drug-likeness (QED) is 0.658. The van der Waals surface area contributed by atoms with Crippen LogP contribution in [0.2, 0.25) is 0 Å². The van der Waals surface area contributed by atoms with Crippen LogP contribution >= 0.6 is 15.9 Å². The molecule has 3 nitrogen and oxygen atoms in total. The first-order chi connectivity index (χ1) is 7.73. The first-order valence-corrected chi connectivity index (χ1v) is 6.72. The van der Waals surface area contributed by atoms with Crippen LogP contribution in [-0.2, 0) is 0 Å². The van der Waals surface area contributed by atoms with E-state index in [1.165, 1.54) is 25.7 Å². The Morgan fingerprint density at radius 1 is 1.56 bits per heavy atom. The number of furan rings is 1. The van der Waals surface area contributed by atoms with E-state index in [0.29, 0.717) is 0 Å². The van der Waals surface area contributed by atoms with Crippen molar-refractivity contribution in [3.05, 3.63) is 22.6 Å². The fourth-order valence-corrected chi connectivity index (χ4v) is 3.40. The zero-order valence-corrected chi connectivity index (χ0v) is 11.2. The van der Waals surface area contributed by atoms with Gasteiger partial charge >= 0.3 is 0 Å². The fourth-order valence-electron chi connectivity index (χ4n) is 2.97. The molecule has 1 heterocycles. The lowest BCUT2D eigenvalue weighted by atomic mass is 9.75. The third kappa shape index (κ3) is 1.94. The van der Waals surface area contributed by atoms with Crippen LogP contribution < -0.4 is 11.3 Å². The molecule has 90 valence electrons. The molecule has 0 bridgehead atoms. The van der Waals surface area contributed by atoms with Crippen molar-refractivity contribution in [2.45, 2.75) is 45.1 Å². The average molecular weight is 287 g/mol. The molecule has 2 rings (SSSR count). The highest BCUT2D eigenvalue weighted by Gasteiger charge is 2.42. The van der Waals surface area contributed by atoms with Crippen molar-refractivity contribution in [3.8, 4) is 0 Å². The summed E-state index contributed by atoms with van der Waals surface area (Å²) in [6.07, 6.45) is 7.89. The largest absolute Gasteiger partial charge is 0.466 e. The van der Waals surface area contributed by atoms with Gasteiger partial charge in [-0.05, 0) is 46.7 Å². The monoisotopic (exact) mass is 286 g/mol. The summed E-state index contributed by atoms with van der Waals surface area (Å²) in [6, 6.07) is 2.04. The minimum Gasteiger partial charge on any atom is -0.466 e. The lowest BCUT2D eigenvalue weighted by Gasteiger charge is -2.35. The molecule has 0 amide bonds. The number of rotatable bonds is 4. The highest BCUT2D eigenvalue weighted by atomic mass is 79.9. The maximum atomic E-state index is 5.74. The molecule has 0 saturated heterocycles. The van der Waals surface area contributed by atoms with E-state index in [4.69, 9.17) is 10.3 Å². The summed E-state index contributed by atoms with van der Waals surface area (Å²) in [5.74, 6) is 6.68. The van der Waals surface area contributed by atoms with Crippen LogP contribution in [0.1, 0.15) is 50.8 Å². The van der Waals surface area contributed by atoms with E-state index in [1.54, 1.807) is 6.26 Å². The van der Waals surface area contributed by atoms with Gasteiger partial charge in [-0.3, -0.25) is 5.84 Å². The summed E-state index contributed by atoms with van der Waals surface area (Å²) < 4.78 is 6.58. The van der Waals surface area contributed by atoms with E-state index in [0.717, 1.165) is 16.7 Å². The van der Waals surface area contributed by atoms with Gasteiger partial charge in [0.1, 0.15) is 5.76 Å². The highest BCUT2D eigenvalue weighted by molar-refractivity contribution is 9.10. The number of nitrogens with one attached hydrogen (secondary N) is 1. The van der Waals surface area contributed by atoms with Crippen molar-refractivity contribution in [3.63, 3.8) is 0 Å². The summed E-state index contributed by atoms with van der Waals surface area (Å²) in [5.41, 5.74) is 3.21. The van der Waals surface area contributed by atoms with E-state index in [-0.39, 0.29) is 11.5 Å². The molecule has 0 aliphatic heterocycles. The molecular weight excluding hydrogens is 268 g/mol. The third-order valence-electron chi connectivity index (χ3n) is 3.99. The van der Waals surface area contributed by atoms with Crippen LogP contribution in [0.5, 0.6) is 0 Å². The number of hydrogen-bond donors (Lipinski definition) is 2. The van der Waals surface area contributed by atoms with Gasteiger partial charge in [-0.2, -0.15) is 0 Å². The van der Waals surface area contributed by atoms with Crippen LogP contribution in [0.4, 0.5) is 0 Å². The van der Waals surface area contributed by atoms with Gasteiger partial charge < -0.3 is 4.42 Å². The lowest BCUT2D eigenvalue weighted by Crippen LogP contribution is -2.40. The van der Waals surface area contributed by atoms with E-state index in [1.807, 2.05) is 6.07 Å². The van der Waals surface area contributed by atoms with Gasteiger partial charge in [-0.1, -0.05) is 19.8 Å². The predicted molar refractivity (Wildman–Crippen MR) is 67.7 cm³/mol. The molecule has 1 saturated carbocycles. The van der Waals surface area contributed by atoms with Crippen LogP contribution in [-0.4, -0.2) is 0 Å². The van der Waals surface area contributed by atoms with Crippen molar-refractivity contribution in [1.29, 1.82) is 0 Å². The van der Waals surface area contributed by atoms with Crippen LogP contribution in [0.3, 0.4) is 0 Å². The maximum Gasteiger partial charge on any atom is 0.136 e. The zero-order valence-electron chi connectivity index (χ0n) is 9.63.